The van der Waals surface area contributed by atoms with E-state index in [0.717, 1.165) is 0 Å². The van der Waals surface area contributed by atoms with Gasteiger partial charge in [-0.05, 0) is 48.6 Å². The number of hydrogen-bond donors (Lipinski definition) is 2. The summed E-state index contributed by atoms with van der Waals surface area (Å²) < 4.78 is 13.5. The fourth-order valence-electron chi connectivity index (χ4n) is 1.98. The quantitative estimate of drug-likeness (QED) is 0.872. The van der Waals surface area contributed by atoms with E-state index < -0.39 is 0 Å². The molecule has 0 amide bonds. The van der Waals surface area contributed by atoms with Gasteiger partial charge in [0.15, 0.2) is 0 Å². The lowest BCUT2D eigenvalue weighted by atomic mass is 9.85. The first-order valence-corrected chi connectivity index (χ1v) is 6.17. The van der Waals surface area contributed by atoms with E-state index in [4.69, 9.17) is 23.1 Å². The molecule has 96 valence electrons. The standard InChI is InChI=1S/C13H20ClFN2/c1-7(2)10(6-16)13(17)9-5-12(15)8(3)4-11(9)14/h4-5,7,10,13H,6,16-17H2,1-3H3. The third kappa shape index (κ3) is 3.18. The lowest BCUT2D eigenvalue weighted by Gasteiger charge is -2.27. The van der Waals surface area contributed by atoms with Crippen molar-refractivity contribution in [2.75, 3.05) is 6.54 Å². The van der Waals surface area contributed by atoms with Crippen LogP contribution < -0.4 is 11.5 Å². The molecule has 0 fully saturated rings. The second-order valence-electron chi connectivity index (χ2n) is 4.79. The van der Waals surface area contributed by atoms with E-state index in [1.807, 2.05) is 0 Å². The summed E-state index contributed by atoms with van der Waals surface area (Å²) in [5, 5.41) is 0.510. The molecule has 1 aromatic rings. The zero-order chi connectivity index (χ0) is 13.2. The first kappa shape index (κ1) is 14.4. The Hall–Kier alpha value is -0.640. The normalized spacial score (nSPS) is 15.1. The number of halogens is 2. The summed E-state index contributed by atoms with van der Waals surface area (Å²) in [4.78, 5) is 0. The highest BCUT2D eigenvalue weighted by atomic mass is 35.5. The Morgan fingerprint density at radius 1 is 1.35 bits per heavy atom. The fraction of sp³-hybridized carbons (Fsp3) is 0.538. The molecule has 0 aliphatic rings. The van der Waals surface area contributed by atoms with Gasteiger partial charge in [0.2, 0.25) is 0 Å². The highest BCUT2D eigenvalue weighted by molar-refractivity contribution is 6.31. The van der Waals surface area contributed by atoms with Crippen LogP contribution >= 0.6 is 11.6 Å². The maximum Gasteiger partial charge on any atom is 0.126 e. The molecule has 0 radical (unpaired) electrons. The molecule has 0 bridgehead atoms. The summed E-state index contributed by atoms with van der Waals surface area (Å²) in [7, 11) is 0. The van der Waals surface area contributed by atoms with Gasteiger partial charge >= 0.3 is 0 Å². The molecule has 2 nitrogen and oxygen atoms in total. The molecule has 0 saturated heterocycles. The third-order valence-corrected chi connectivity index (χ3v) is 3.55. The van der Waals surface area contributed by atoms with Crippen molar-refractivity contribution in [2.45, 2.75) is 26.8 Å². The number of aryl methyl sites for hydroxylation is 1. The van der Waals surface area contributed by atoms with Gasteiger partial charge in [0.25, 0.3) is 0 Å². The maximum atomic E-state index is 13.5. The molecule has 0 aliphatic carbocycles. The van der Waals surface area contributed by atoms with Gasteiger partial charge < -0.3 is 11.5 Å². The van der Waals surface area contributed by atoms with Crippen molar-refractivity contribution in [3.05, 3.63) is 34.1 Å². The van der Waals surface area contributed by atoms with Crippen molar-refractivity contribution in [3.63, 3.8) is 0 Å². The SMILES string of the molecule is Cc1cc(Cl)c(C(N)C(CN)C(C)C)cc1F. The predicted octanol–water partition coefficient (Wildman–Crippen LogP) is 3.02. The molecule has 0 heterocycles. The summed E-state index contributed by atoms with van der Waals surface area (Å²) in [5.41, 5.74) is 13.0. The minimum Gasteiger partial charge on any atom is -0.330 e. The lowest BCUT2D eigenvalue weighted by Crippen LogP contribution is -2.32. The Kier molecular flexibility index (Phi) is 4.92. The first-order valence-electron chi connectivity index (χ1n) is 5.79. The molecule has 0 aliphatic heterocycles. The second kappa shape index (κ2) is 5.80. The van der Waals surface area contributed by atoms with Crippen LogP contribution in [0.4, 0.5) is 4.39 Å². The Labute approximate surface area is 107 Å². The highest BCUT2D eigenvalue weighted by Gasteiger charge is 2.24. The lowest BCUT2D eigenvalue weighted by molar-refractivity contribution is 0.330. The molecule has 1 rings (SSSR count). The van der Waals surface area contributed by atoms with Crippen molar-refractivity contribution in [3.8, 4) is 0 Å². The van der Waals surface area contributed by atoms with E-state index in [1.54, 1.807) is 13.0 Å². The van der Waals surface area contributed by atoms with Crippen LogP contribution in [0.2, 0.25) is 5.02 Å². The van der Waals surface area contributed by atoms with Crippen LogP contribution in [0.3, 0.4) is 0 Å². The van der Waals surface area contributed by atoms with Gasteiger partial charge in [-0.3, -0.25) is 0 Å². The number of nitrogens with two attached hydrogens (primary N) is 2. The van der Waals surface area contributed by atoms with Crippen LogP contribution in [0, 0.1) is 24.6 Å². The monoisotopic (exact) mass is 258 g/mol. The molecular weight excluding hydrogens is 239 g/mol. The largest absolute Gasteiger partial charge is 0.330 e. The average Bonchev–Trinajstić information content (AvgIpc) is 2.23. The van der Waals surface area contributed by atoms with E-state index in [2.05, 4.69) is 13.8 Å². The van der Waals surface area contributed by atoms with Crippen molar-refractivity contribution < 1.29 is 4.39 Å². The minimum absolute atomic E-state index is 0.0922. The van der Waals surface area contributed by atoms with Crippen molar-refractivity contribution in [1.29, 1.82) is 0 Å². The van der Waals surface area contributed by atoms with Crippen LogP contribution in [0.15, 0.2) is 12.1 Å². The van der Waals surface area contributed by atoms with Crippen LogP contribution in [0.1, 0.15) is 31.0 Å². The molecular formula is C13H20ClFN2. The van der Waals surface area contributed by atoms with Crippen molar-refractivity contribution in [1.82, 2.24) is 0 Å². The molecule has 2 atom stereocenters. The van der Waals surface area contributed by atoms with Crippen LogP contribution in [0.5, 0.6) is 0 Å². The van der Waals surface area contributed by atoms with Crippen molar-refractivity contribution >= 4 is 11.6 Å². The van der Waals surface area contributed by atoms with E-state index in [0.29, 0.717) is 28.6 Å². The van der Waals surface area contributed by atoms with E-state index in [-0.39, 0.29) is 17.8 Å². The molecule has 0 aromatic heterocycles. The molecule has 0 saturated carbocycles. The third-order valence-electron chi connectivity index (χ3n) is 3.23. The number of hydrogen-bond acceptors (Lipinski definition) is 2. The van der Waals surface area contributed by atoms with Gasteiger partial charge in [-0.1, -0.05) is 25.4 Å². The molecule has 2 unspecified atom stereocenters. The summed E-state index contributed by atoms with van der Waals surface area (Å²) >= 11 is 6.11. The summed E-state index contributed by atoms with van der Waals surface area (Å²) in [6.45, 7) is 6.25. The Morgan fingerprint density at radius 2 is 1.94 bits per heavy atom. The summed E-state index contributed by atoms with van der Waals surface area (Å²) in [5.74, 6) is 0.143. The molecule has 4 N–H and O–H groups in total. The molecule has 4 heteroatoms. The smallest absolute Gasteiger partial charge is 0.126 e. The van der Waals surface area contributed by atoms with Gasteiger partial charge in [-0.2, -0.15) is 0 Å². The van der Waals surface area contributed by atoms with E-state index in [9.17, 15) is 4.39 Å². The fourth-order valence-corrected chi connectivity index (χ4v) is 2.33. The summed E-state index contributed by atoms with van der Waals surface area (Å²) in [6, 6.07) is 2.70. The first-order chi connectivity index (χ1) is 7.88. The summed E-state index contributed by atoms with van der Waals surface area (Å²) in [6.07, 6.45) is 0. The van der Waals surface area contributed by atoms with Crippen molar-refractivity contribution in [2.24, 2.45) is 23.3 Å². The van der Waals surface area contributed by atoms with E-state index in [1.165, 1.54) is 6.07 Å². The van der Waals surface area contributed by atoms with Gasteiger partial charge in [0, 0.05) is 11.1 Å². The Balaban J connectivity index is 3.11. The molecule has 0 spiro atoms. The maximum absolute atomic E-state index is 13.5. The van der Waals surface area contributed by atoms with Gasteiger partial charge in [0.1, 0.15) is 5.82 Å². The van der Waals surface area contributed by atoms with Crippen LogP contribution in [-0.4, -0.2) is 6.54 Å². The predicted molar refractivity (Wildman–Crippen MR) is 70.5 cm³/mol. The van der Waals surface area contributed by atoms with Gasteiger partial charge in [0.05, 0.1) is 0 Å². The molecule has 1 aromatic carbocycles. The van der Waals surface area contributed by atoms with E-state index >= 15 is 0 Å². The minimum atomic E-state index is -0.331. The molecule has 17 heavy (non-hydrogen) atoms. The zero-order valence-electron chi connectivity index (χ0n) is 10.5. The van der Waals surface area contributed by atoms with Crippen LogP contribution in [0.25, 0.3) is 0 Å². The number of rotatable bonds is 4. The Morgan fingerprint density at radius 3 is 2.41 bits per heavy atom. The topological polar surface area (TPSA) is 52.0 Å². The number of benzene rings is 1. The highest BCUT2D eigenvalue weighted by Crippen LogP contribution is 2.31. The average molecular weight is 259 g/mol. The zero-order valence-corrected chi connectivity index (χ0v) is 11.3. The van der Waals surface area contributed by atoms with Gasteiger partial charge in [-0.25, -0.2) is 4.39 Å². The second-order valence-corrected chi connectivity index (χ2v) is 5.20. The van der Waals surface area contributed by atoms with Gasteiger partial charge in [-0.15, -0.1) is 0 Å². The Bertz CT molecular complexity index is 393. The van der Waals surface area contributed by atoms with Crippen LogP contribution in [-0.2, 0) is 0 Å².